The summed E-state index contributed by atoms with van der Waals surface area (Å²) in [5, 5.41) is 8.17. The molecule has 1 aliphatic rings. The molecule has 0 radical (unpaired) electrons. The van der Waals surface area contributed by atoms with Gasteiger partial charge < -0.3 is 10.1 Å². The highest BCUT2D eigenvalue weighted by atomic mass is 79.9. The van der Waals surface area contributed by atoms with Gasteiger partial charge in [0.2, 0.25) is 0 Å². The number of rotatable bonds is 7. The van der Waals surface area contributed by atoms with Crippen molar-refractivity contribution in [2.24, 2.45) is 0 Å². The minimum atomic E-state index is 0.239. The largest absolute Gasteiger partial charge is 0.383 e. The van der Waals surface area contributed by atoms with Crippen molar-refractivity contribution >= 4 is 27.7 Å². The van der Waals surface area contributed by atoms with Crippen LogP contribution in [0.25, 0.3) is 0 Å². The Morgan fingerprint density at radius 2 is 2.45 bits per heavy atom. The summed E-state index contributed by atoms with van der Waals surface area (Å²) in [6.45, 7) is 6.98. The fourth-order valence-electron chi connectivity index (χ4n) is 2.85. The number of thioether (sulfide) groups is 1. The standard InChI is InChI=1S/C14H24BrN3OS/c1-4-16-13(14(2)6-5-9-20-14)12-11(15)10-17-18(12)7-8-19-3/h10,13,16H,4-9H2,1-3H3. The van der Waals surface area contributed by atoms with E-state index in [2.05, 4.69) is 56.6 Å². The molecule has 114 valence electrons. The maximum atomic E-state index is 5.20. The lowest BCUT2D eigenvalue weighted by molar-refractivity contribution is 0.181. The normalized spacial score (nSPS) is 24.2. The summed E-state index contributed by atoms with van der Waals surface area (Å²) >= 11 is 5.75. The molecule has 0 aromatic carbocycles. The number of methoxy groups -OCH3 is 1. The van der Waals surface area contributed by atoms with Crippen LogP contribution >= 0.6 is 27.7 Å². The van der Waals surface area contributed by atoms with Crippen LogP contribution in [0.1, 0.15) is 38.4 Å². The lowest BCUT2D eigenvalue weighted by Gasteiger charge is -2.34. The quantitative estimate of drug-likeness (QED) is 0.808. The molecule has 2 heterocycles. The molecule has 2 rings (SSSR count). The van der Waals surface area contributed by atoms with Gasteiger partial charge in [-0.25, -0.2) is 0 Å². The first-order valence-electron chi connectivity index (χ1n) is 7.20. The van der Waals surface area contributed by atoms with Crippen molar-refractivity contribution in [2.75, 3.05) is 26.0 Å². The monoisotopic (exact) mass is 361 g/mol. The van der Waals surface area contributed by atoms with Crippen LogP contribution in [0.15, 0.2) is 10.7 Å². The first-order chi connectivity index (χ1) is 9.62. The molecule has 20 heavy (non-hydrogen) atoms. The summed E-state index contributed by atoms with van der Waals surface area (Å²) in [7, 11) is 1.73. The van der Waals surface area contributed by atoms with Crippen LogP contribution in [0, 0.1) is 0 Å². The molecule has 0 saturated carbocycles. The van der Waals surface area contributed by atoms with E-state index in [4.69, 9.17) is 4.74 Å². The first kappa shape index (κ1) is 16.3. The zero-order valence-electron chi connectivity index (χ0n) is 12.5. The van der Waals surface area contributed by atoms with Crippen molar-refractivity contribution in [3.05, 3.63) is 16.4 Å². The van der Waals surface area contributed by atoms with Crippen molar-refractivity contribution < 1.29 is 4.74 Å². The van der Waals surface area contributed by atoms with Crippen molar-refractivity contribution in [3.8, 4) is 0 Å². The van der Waals surface area contributed by atoms with Gasteiger partial charge in [0, 0.05) is 11.9 Å². The van der Waals surface area contributed by atoms with Gasteiger partial charge >= 0.3 is 0 Å². The smallest absolute Gasteiger partial charge is 0.0710 e. The van der Waals surface area contributed by atoms with Gasteiger partial charge in [0.05, 0.1) is 35.6 Å². The van der Waals surface area contributed by atoms with Gasteiger partial charge in [0.25, 0.3) is 0 Å². The maximum Gasteiger partial charge on any atom is 0.0710 e. The maximum absolute atomic E-state index is 5.20. The molecule has 4 nitrogen and oxygen atoms in total. The summed E-state index contributed by atoms with van der Waals surface area (Å²) in [5.74, 6) is 1.25. The lowest BCUT2D eigenvalue weighted by Crippen LogP contribution is -2.39. The van der Waals surface area contributed by atoms with Crippen LogP contribution in [0.4, 0.5) is 0 Å². The Kier molecular flexibility index (Phi) is 5.95. The molecule has 1 aromatic rings. The molecule has 1 saturated heterocycles. The fraction of sp³-hybridized carbons (Fsp3) is 0.786. The second-order valence-corrected chi connectivity index (χ2v) is 7.83. The van der Waals surface area contributed by atoms with Gasteiger partial charge in [0.15, 0.2) is 0 Å². The van der Waals surface area contributed by atoms with E-state index in [1.807, 2.05) is 6.20 Å². The zero-order chi connectivity index (χ0) is 14.6. The van der Waals surface area contributed by atoms with Gasteiger partial charge in [-0.05, 0) is 48.0 Å². The second kappa shape index (κ2) is 7.29. The van der Waals surface area contributed by atoms with E-state index in [9.17, 15) is 0 Å². The van der Waals surface area contributed by atoms with Gasteiger partial charge in [0.1, 0.15) is 0 Å². The summed E-state index contributed by atoms with van der Waals surface area (Å²) < 4.78 is 8.60. The Morgan fingerprint density at radius 1 is 1.65 bits per heavy atom. The third-order valence-corrected chi connectivity index (χ3v) is 6.09. The molecule has 1 aromatic heterocycles. The van der Waals surface area contributed by atoms with Crippen LogP contribution in [0.3, 0.4) is 0 Å². The topological polar surface area (TPSA) is 39.1 Å². The Balaban J connectivity index is 2.30. The molecule has 6 heteroatoms. The molecule has 0 amide bonds. The number of nitrogens with one attached hydrogen (secondary N) is 1. The highest BCUT2D eigenvalue weighted by Gasteiger charge is 2.40. The van der Waals surface area contributed by atoms with Crippen molar-refractivity contribution in [3.63, 3.8) is 0 Å². The van der Waals surface area contributed by atoms with Crippen LogP contribution in [0.2, 0.25) is 0 Å². The molecular weight excluding hydrogens is 338 g/mol. The van der Waals surface area contributed by atoms with Gasteiger partial charge in [-0.2, -0.15) is 16.9 Å². The van der Waals surface area contributed by atoms with Crippen LogP contribution < -0.4 is 5.32 Å². The Hall–Kier alpha value is -0.0400. The van der Waals surface area contributed by atoms with Crippen molar-refractivity contribution in [1.82, 2.24) is 15.1 Å². The summed E-state index contributed by atoms with van der Waals surface area (Å²) in [5.41, 5.74) is 1.25. The number of nitrogens with zero attached hydrogens (tertiary/aromatic N) is 2. The third-order valence-electron chi connectivity index (χ3n) is 3.88. The summed E-state index contributed by atoms with van der Waals surface area (Å²) in [6, 6.07) is 0.314. The van der Waals surface area contributed by atoms with E-state index in [0.29, 0.717) is 12.6 Å². The molecule has 0 bridgehead atoms. The van der Waals surface area contributed by atoms with Crippen LogP contribution in [0.5, 0.6) is 0 Å². The van der Waals surface area contributed by atoms with E-state index >= 15 is 0 Å². The zero-order valence-corrected chi connectivity index (χ0v) is 14.9. The molecule has 2 atom stereocenters. The van der Waals surface area contributed by atoms with Gasteiger partial charge in [-0.3, -0.25) is 4.68 Å². The predicted molar refractivity (Wildman–Crippen MR) is 88.3 cm³/mol. The number of aromatic nitrogens is 2. The minimum absolute atomic E-state index is 0.239. The fourth-order valence-corrected chi connectivity index (χ4v) is 4.78. The van der Waals surface area contributed by atoms with E-state index in [1.165, 1.54) is 24.3 Å². The SMILES string of the molecule is CCNC(c1c(Br)cnn1CCOC)C1(C)CCCS1. The van der Waals surface area contributed by atoms with Crippen molar-refractivity contribution in [2.45, 2.75) is 44.0 Å². The van der Waals surface area contributed by atoms with E-state index in [0.717, 1.165) is 17.6 Å². The molecule has 0 spiro atoms. The minimum Gasteiger partial charge on any atom is -0.383 e. The van der Waals surface area contributed by atoms with Crippen LogP contribution in [-0.2, 0) is 11.3 Å². The first-order valence-corrected chi connectivity index (χ1v) is 8.97. The number of ether oxygens (including phenoxy) is 1. The summed E-state index contributed by atoms with van der Waals surface area (Å²) in [6.07, 6.45) is 4.45. The number of halogens is 1. The van der Waals surface area contributed by atoms with E-state index in [1.54, 1.807) is 7.11 Å². The molecule has 1 aliphatic heterocycles. The highest BCUT2D eigenvalue weighted by Crippen LogP contribution is 2.47. The van der Waals surface area contributed by atoms with E-state index < -0.39 is 0 Å². The third kappa shape index (κ3) is 3.40. The molecule has 1 N–H and O–H groups in total. The van der Waals surface area contributed by atoms with Crippen molar-refractivity contribution in [1.29, 1.82) is 0 Å². The van der Waals surface area contributed by atoms with Crippen LogP contribution in [-0.4, -0.2) is 40.5 Å². The number of hydrogen-bond acceptors (Lipinski definition) is 4. The molecular formula is C14H24BrN3OS. The number of hydrogen-bond donors (Lipinski definition) is 1. The Bertz CT molecular complexity index is 432. The predicted octanol–water partition coefficient (Wildman–Crippen LogP) is 3.23. The molecule has 2 unspecified atom stereocenters. The van der Waals surface area contributed by atoms with Gasteiger partial charge in [-0.1, -0.05) is 6.92 Å². The Labute approximate surface area is 134 Å². The second-order valence-electron chi connectivity index (χ2n) is 5.35. The van der Waals surface area contributed by atoms with E-state index in [-0.39, 0.29) is 4.75 Å². The average molecular weight is 362 g/mol. The molecule has 0 aliphatic carbocycles. The lowest BCUT2D eigenvalue weighted by atomic mass is 9.93. The average Bonchev–Trinajstić information content (AvgIpc) is 3.02. The van der Waals surface area contributed by atoms with Gasteiger partial charge in [-0.15, -0.1) is 0 Å². The highest BCUT2D eigenvalue weighted by molar-refractivity contribution is 9.10. The Morgan fingerprint density at radius 3 is 3.05 bits per heavy atom. The summed E-state index contributed by atoms with van der Waals surface area (Å²) in [4.78, 5) is 0. The molecule has 1 fully saturated rings.